The van der Waals surface area contributed by atoms with Crippen molar-refractivity contribution >= 4 is 26.9 Å². The molecule has 2 aromatic rings. The van der Waals surface area contributed by atoms with Crippen LogP contribution in [0.2, 0.25) is 0 Å². The minimum absolute atomic E-state index is 0.0385. The molecule has 0 saturated carbocycles. The van der Waals surface area contributed by atoms with Crippen molar-refractivity contribution in [3.05, 3.63) is 36.0 Å². The van der Waals surface area contributed by atoms with E-state index in [9.17, 15) is 18.3 Å². The van der Waals surface area contributed by atoms with Crippen LogP contribution in [0.3, 0.4) is 0 Å². The Morgan fingerprint density at radius 3 is 2.48 bits per heavy atom. The van der Waals surface area contributed by atoms with Gasteiger partial charge in [-0.05, 0) is 24.3 Å². The lowest BCUT2D eigenvalue weighted by molar-refractivity contribution is 0.0699. The molecule has 0 aliphatic carbocycles. The summed E-state index contributed by atoms with van der Waals surface area (Å²) >= 11 is 0. The van der Waals surface area contributed by atoms with Gasteiger partial charge >= 0.3 is 5.97 Å². The average Bonchev–Trinajstić information content (AvgIpc) is 2.46. The molecular formula is C14H16N2O4S. The fourth-order valence-electron chi connectivity index (χ4n) is 2.18. The van der Waals surface area contributed by atoms with Crippen LogP contribution < -0.4 is 0 Å². The SMILES string of the molecule is CCN(CC)S(=O)(=O)c1ccc2nccc(C(=O)O)c2c1. The fraction of sp³-hybridized carbons (Fsp3) is 0.286. The van der Waals surface area contributed by atoms with Gasteiger partial charge in [0.15, 0.2) is 0 Å². The van der Waals surface area contributed by atoms with Gasteiger partial charge in [-0.1, -0.05) is 13.8 Å². The fourth-order valence-corrected chi connectivity index (χ4v) is 3.67. The quantitative estimate of drug-likeness (QED) is 0.912. The van der Waals surface area contributed by atoms with Gasteiger partial charge in [0.05, 0.1) is 16.0 Å². The molecule has 1 heterocycles. The number of benzene rings is 1. The van der Waals surface area contributed by atoms with Crippen LogP contribution in [-0.4, -0.2) is 41.9 Å². The summed E-state index contributed by atoms with van der Waals surface area (Å²) in [6, 6.07) is 5.71. The number of sulfonamides is 1. The van der Waals surface area contributed by atoms with E-state index in [4.69, 9.17) is 0 Å². The maximum Gasteiger partial charge on any atom is 0.336 e. The van der Waals surface area contributed by atoms with Crippen LogP contribution in [0.1, 0.15) is 24.2 Å². The van der Waals surface area contributed by atoms with Crippen molar-refractivity contribution in [1.82, 2.24) is 9.29 Å². The third kappa shape index (κ3) is 2.74. The summed E-state index contributed by atoms with van der Waals surface area (Å²) in [5.74, 6) is -1.11. The van der Waals surface area contributed by atoms with Crippen LogP contribution in [0.4, 0.5) is 0 Å². The lowest BCUT2D eigenvalue weighted by Gasteiger charge is -2.18. The molecule has 0 unspecified atom stereocenters. The molecule has 0 saturated heterocycles. The van der Waals surface area contributed by atoms with E-state index < -0.39 is 16.0 Å². The number of pyridine rings is 1. The molecule has 112 valence electrons. The minimum atomic E-state index is -3.62. The first-order chi connectivity index (χ1) is 9.91. The third-order valence-electron chi connectivity index (χ3n) is 3.29. The Balaban J connectivity index is 2.68. The van der Waals surface area contributed by atoms with Crippen molar-refractivity contribution in [3.63, 3.8) is 0 Å². The van der Waals surface area contributed by atoms with Crippen molar-refractivity contribution in [2.45, 2.75) is 18.7 Å². The van der Waals surface area contributed by atoms with Gasteiger partial charge < -0.3 is 5.11 Å². The van der Waals surface area contributed by atoms with Crippen molar-refractivity contribution in [2.24, 2.45) is 0 Å². The number of aromatic nitrogens is 1. The Bertz CT molecular complexity index is 783. The first-order valence-electron chi connectivity index (χ1n) is 6.54. The molecule has 1 N–H and O–H groups in total. The van der Waals surface area contributed by atoms with E-state index in [0.717, 1.165) is 0 Å². The molecule has 6 nitrogen and oxygen atoms in total. The highest BCUT2D eigenvalue weighted by Crippen LogP contribution is 2.23. The van der Waals surface area contributed by atoms with Crippen LogP contribution in [0.5, 0.6) is 0 Å². The van der Waals surface area contributed by atoms with E-state index in [2.05, 4.69) is 4.98 Å². The van der Waals surface area contributed by atoms with E-state index >= 15 is 0 Å². The Morgan fingerprint density at radius 1 is 1.24 bits per heavy atom. The molecule has 0 radical (unpaired) electrons. The molecule has 2 rings (SSSR count). The number of hydrogen-bond acceptors (Lipinski definition) is 4. The summed E-state index contributed by atoms with van der Waals surface area (Å²) in [4.78, 5) is 15.4. The molecule has 0 aliphatic rings. The topological polar surface area (TPSA) is 87.6 Å². The Kier molecular flexibility index (Phi) is 4.24. The molecular weight excluding hydrogens is 292 g/mol. The van der Waals surface area contributed by atoms with Gasteiger partial charge in [-0.15, -0.1) is 0 Å². The number of aromatic carboxylic acids is 1. The summed E-state index contributed by atoms with van der Waals surface area (Å²) in [6.45, 7) is 4.23. The summed E-state index contributed by atoms with van der Waals surface area (Å²) < 4.78 is 26.3. The molecule has 21 heavy (non-hydrogen) atoms. The van der Waals surface area contributed by atoms with Gasteiger partial charge in [0.1, 0.15) is 0 Å². The molecule has 0 atom stereocenters. The predicted molar refractivity (Wildman–Crippen MR) is 78.8 cm³/mol. The summed E-state index contributed by atoms with van der Waals surface area (Å²) in [5.41, 5.74) is 0.491. The maximum atomic E-state index is 12.5. The lowest BCUT2D eigenvalue weighted by atomic mass is 10.1. The molecule has 0 aliphatic heterocycles. The summed E-state index contributed by atoms with van der Waals surface area (Å²) in [5, 5.41) is 9.51. The van der Waals surface area contributed by atoms with Gasteiger partial charge in [0.25, 0.3) is 0 Å². The average molecular weight is 308 g/mol. The van der Waals surface area contributed by atoms with Gasteiger partial charge in [-0.2, -0.15) is 4.31 Å². The van der Waals surface area contributed by atoms with Gasteiger partial charge in [-0.25, -0.2) is 13.2 Å². The highest BCUT2D eigenvalue weighted by atomic mass is 32.2. The van der Waals surface area contributed by atoms with Crippen LogP contribution >= 0.6 is 0 Å². The van der Waals surface area contributed by atoms with Crippen LogP contribution in [0, 0.1) is 0 Å². The molecule has 1 aromatic heterocycles. The predicted octanol–water partition coefficient (Wildman–Crippen LogP) is 1.96. The van der Waals surface area contributed by atoms with Crippen LogP contribution in [0.15, 0.2) is 35.4 Å². The summed E-state index contributed by atoms with van der Waals surface area (Å²) in [7, 11) is -3.62. The number of carboxylic acids is 1. The van der Waals surface area contributed by atoms with Crippen LogP contribution in [0.25, 0.3) is 10.9 Å². The van der Waals surface area contributed by atoms with Crippen molar-refractivity contribution in [3.8, 4) is 0 Å². The molecule has 1 aromatic carbocycles. The van der Waals surface area contributed by atoms with Gasteiger partial charge in [0, 0.05) is 24.7 Å². The highest BCUT2D eigenvalue weighted by Gasteiger charge is 2.22. The second-order valence-corrected chi connectivity index (χ2v) is 6.37. The number of rotatable bonds is 5. The molecule has 0 spiro atoms. The van der Waals surface area contributed by atoms with E-state index in [0.29, 0.717) is 24.0 Å². The van der Waals surface area contributed by atoms with E-state index in [-0.39, 0.29) is 10.5 Å². The van der Waals surface area contributed by atoms with Crippen LogP contribution in [-0.2, 0) is 10.0 Å². The normalized spacial score (nSPS) is 12.0. The first-order valence-corrected chi connectivity index (χ1v) is 7.98. The van der Waals surface area contributed by atoms with E-state index in [1.54, 1.807) is 13.8 Å². The molecule has 0 bridgehead atoms. The number of nitrogens with zero attached hydrogens (tertiary/aromatic N) is 2. The maximum absolute atomic E-state index is 12.5. The highest BCUT2D eigenvalue weighted by molar-refractivity contribution is 7.89. The number of hydrogen-bond donors (Lipinski definition) is 1. The number of carboxylic acid groups (broad SMARTS) is 1. The van der Waals surface area contributed by atoms with E-state index in [1.165, 1.54) is 34.8 Å². The van der Waals surface area contributed by atoms with Crippen molar-refractivity contribution in [1.29, 1.82) is 0 Å². The number of carbonyl (C=O) groups is 1. The summed E-state index contributed by atoms with van der Waals surface area (Å²) in [6.07, 6.45) is 1.39. The zero-order valence-corrected chi connectivity index (χ0v) is 12.6. The third-order valence-corrected chi connectivity index (χ3v) is 5.33. The Hall–Kier alpha value is -1.99. The zero-order valence-electron chi connectivity index (χ0n) is 11.8. The minimum Gasteiger partial charge on any atom is -0.478 e. The molecule has 7 heteroatoms. The Labute approximate surface area is 123 Å². The van der Waals surface area contributed by atoms with E-state index in [1.807, 2.05) is 0 Å². The second kappa shape index (κ2) is 5.79. The largest absolute Gasteiger partial charge is 0.478 e. The Morgan fingerprint density at radius 2 is 1.90 bits per heavy atom. The zero-order chi connectivity index (χ0) is 15.6. The lowest BCUT2D eigenvalue weighted by Crippen LogP contribution is -2.30. The molecule has 0 fully saturated rings. The van der Waals surface area contributed by atoms with Gasteiger partial charge in [0.2, 0.25) is 10.0 Å². The monoisotopic (exact) mass is 308 g/mol. The smallest absolute Gasteiger partial charge is 0.336 e. The molecule has 0 amide bonds. The van der Waals surface area contributed by atoms with Crippen molar-refractivity contribution < 1.29 is 18.3 Å². The number of fused-ring (bicyclic) bond motifs is 1. The standard InChI is InChI=1S/C14H16N2O4S/c1-3-16(4-2)21(19,20)10-5-6-13-12(9-10)11(14(17)18)7-8-15-13/h5-9H,3-4H2,1-2H3,(H,17,18). The second-order valence-electron chi connectivity index (χ2n) is 4.43. The first kappa shape index (κ1) is 15.4. The van der Waals surface area contributed by atoms with Gasteiger partial charge in [-0.3, -0.25) is 4.98 Å². The van der Waals surface area contributed by atoms with Crippen molar-refractivity contribution in [2.75, 3.05) is 13.1 Å².